The van der Waals surface area contributed by atoms with Crippen molar-refractivity contribution >= 4 is 11.8 Å². The van der Waals surface area contributed by atoms with E-state index < -0.39 is 6.10 Å². The summed E-state index contributed by atoms with van der Waals surface area (Å²) < 4.78 is 5.95. The standard InChI is InChI=1S/C21H30N2O4/c24-15-19-18(22-20(25)13-16-7-3-1-4-8-16)10-9-17(27-19)14-21(26)23-11-5-2-6-12-23/h1,3-4,7-8,17-19,24H,2,5-6,9-15H2,(H,22,25)/t17-,18+,19-/m0/s1. The minimum absolute atomic E-state index is 0.0731. The lowest BCUT2D eigenvalue weighted by Crippen LogP contribution is -2.52. The Bertz CT molecular complexity index is 616. The number of aliphatic hydroxyl groups is 1. The zero-order chi connectivity index (χ0) is 19.1. The van der Waals surface area contributed by atoms with Crippen LogP contribution in [0.1, 0.15) is 44.1 Å². The molecule has 6 heteroatoms. The third-order valence-electron chi connectivity index (χ3n) is 5.46. The molecule has 3 rings (SSSR count). The van der Waals surface area contributed by atoms with Crippen LogP contribution in [-0.2, 0) is 20.7 Å². The van der Waals surface area contributed by atoms with Gasteiger partial charge in [0.25, 0.3) is 0 Å². The van der Waals surface area contributed by atoms with E-state index in [1.165, 1.54) is 6.42 Å². The van der Waals surface area contributed by atoms with Crippen molar-refractivity contribution in [1.29, 1.82) is 0 Å². The molecule has 0 unspecified atom stereocenters. The smallest absolute Gasteiger partial charge is 0.225 e. The van der Waals surface area contributed by atoms with Crippen LogP contribution in [0, 0.1) is 0 Å². The van der Waals surface area contributed by atoms with E-state index in [9.17, 15) is 14.7 Å². The predicted octanol–water partition coefficient (Wildman–Crippen LogP) is 1.66. The van der Waals surface area contributed by atoms with Gasteiger partial charge in [0.15, 0.2) is 0 Å². The molecule has 0 saturated carbocycles. The van der Waals surface area contributed by atoms with E-state index in [-0.39, 0.29) is 30.6 Å². The molecule has 6 nitrogen and oxygen atoms in total. The number of carbonyl (C=O) groups excluding carboxylic acids is 2. The van der Waals surface area contributed by atoms with Gasteiger partial charge in [0, 0.05) is 13.1 Å². The van der Waals surface area contributed by atoms with Gasteiger partial charge in [0.05, 0.1) is 31.6 Å². The number of amides is 2. The average Bonchev–Trinajstić information content (AvgIpc) is 2.70. The van der Waals surface area contributed by atoms with Gasteiger partial charge in [-0.2, -0.15) is 0 Å². The Hall–Kier alpha value is -1.92. The van der Waals surface area contributed by atoms with Gasteiger partial charge in [-0.1, -0.05) is 30.3 Å². The number of aliphatic hydroxyl groups excluding tert-OH is 1. The summed E-state index contributed by atoms with van der Waals surface area (Å²) in [6, 6.07) is 9.36. The Labute approximate surface area is 160 Å². The normalized spacial score (nSPS) is 25.8. The molecule has 0 spiro atoms. The van der Waals surface area contributed by atoms with Gasteiger partial charge < -0.3 is 20.1 Å². The fourth-order valence-electron chi connectivity index (χ4n) is 3.95. The number of nitrogens with one attached hydrogen (secondary N) is 1. The zero-order valence-corrected chi connectivity index (χ0v) is 15.8. The molecule has 2 heterocycles. The van der Waals surface area contributed by atoms with E-state index in [0.29, 0.717) is 25.7 Å². The van der Waals surface area contributed by atoms with Crippen LogP contribution < -0.4 is 5.32 Å². The SMILES string of the molecule is O=C(Cc1ccccc1)N[C@@H]1CC[C@@H](CC(=O)N2CCCCC2)O[C@H]1CO. The first-order chi connectivity index (χ1) is 13.2. The van der Waals surface area contributed by atoms with Crippen LogP contribution in [0.3, 0.4) is 0 Å². The maximum Gasteiger partial charge on any atom is 0.225 e. The third-order valence-corrected chi connectivity index (χ3v) is 5.46. The molecule has 2 amide bonds. The highest BCUT2D eigenvalue weighted by Crippen LogP contribution is 2.23. The number of benzene rings is 1. The Morgan fingerprint density at radius 2 is 1.85 bits per heavy atom. The van der Waals surface area contributed by atoms with Crippen LogP contribution in [-0.4, -0.2) is 59.8 Å². The monoisotopic (exact) mass is 374 g/mol. The summed E-state index contributed by atoms with van der Waals surface area (Å²) in [5.74, 6) is 0.0686. The number of hydrogen-bond donors (Lipinski definition) is 2. The quantitative estimate of drug-likeness (QED) is 0.794. The summed E-state index contributed by atoms with van der Waals surface area (Å²) in [4.78, 5) is 26.7. The van der Waals surface area contributed by atoms with E-state index in [4.69, 9.17) is 4.74 Å². The summed E-state index contributed by atoms with van der Waals surface area (Å²) in [5.41, 5.74) is 0.956. The minimum Gasteiger partial charge on any atom is -0.394 e. The van der Waals surface area contributed by atoms with Gasteiger partial charge in [-0.05, 0) is 37.7 Å². The second-order valence-corrected chi connectivity index (χ2v) is 7.54. The highest BCUT2D eigenvalue weighted by Gasteiger charge is 2.33. The Morgan fingerprint density at radius 3 is 2.56 bits per heavy atom. The molecule has 1 aromatic rings. The summed E-state index contributed by atoms with van der Waals surface area (Å²) in [5, 5.41) is 12.7. The van der Waals surface area contributed by atoms with Crippen LogP contribution in [0.5, 0.6) is 0 Å². The summed E-state index contributed by atoms with van der Waals surface area (Å²) in [6.07, 6.45) is 4.80. The first-order valence-corrected chi connectivity index (χ1v) is 10.0. The van der Waals surface area contributed by atoms with E-state index in [2.05, 4.69) is 5.32 Å². The molecule has 2 N–H and O–H groups in total. The van der Waals surface area contributed by atoms with Crippen molar-refractivity contribution < 1.29 is 19.4 Å². The molecule has 2 saturated heterocycles. The van der Waals surface area contributed by atoms with Crippen LogP contribution >= 0.6 is 0 Å². The number of piperidine rings is 1. The number of likely N-dealkylation sites (tertiary alicyclic amines) is 1. The Kier molecular flexibility index (Phi) is 7.24. The summed E-state index contributed by atoms with van der Waals surface area (Å²) >= 11 is 0. The van der Waals surface area contributed by atoms with Crippen molar-refractivity contribution in [3.8, 4) is 0 Å². The lowest BCUT2D eigenvalue weighted by Gasteiger charge is -2.37. The second kappa shape index (κ2) is 9.85. The lowest BCUT2D eigenvalue weighted by molar-refractivity contribution is -0.143. The second-order valence-electron chi connectivity index (χ2n) is 7.54. The lowest BCUT2D eigenvalue weighted by atomic mass is 9.96. The maximum atomic E-state index is 12.4. The van der Waals surface area contributed by atoms with Gasteiger partial charge in [0.1, 0.15) is 6.10 Å². The van der Waals surface area contributed by atoms with Crippen molar-refractivity contribution in [2.75, 3.05) is 19.7 Å². The predicted molar refractivity (Wildman–Crippen MR) is 102 cm³/mol. The van der Waals surface area contributed by atoms with Gasteiger partial charge in [0.2, 0.25) is 11.8 Å². The molecule has 0 aliphatic carbocycles. The fourth-order valence-corrected chi connectivity index (χ4v) is 3.95. The molecule has 0 radical (unpaired) electrons. The zero-order valence-electron chi connectivity index (χ0n) is 15.8. The van der Waals surface area contributed by atoms with Crippen LogP contribution in [0.4, 0.5) is 0 Å². The van der Waals surface area contributed by atoms with E-state index >= 15 is 0 Å². The molecule has 148 valence electrons. The average molecular weight is 374 g/mol. The van der Waals surface area contributed by atoms with Crippen molar-refractivity contribution in [2.45, 2.75) is 63.2 Å². The van der Waals surface area contributed by atoms with E-state index in [1.54, 1.807) is 0 Å². The van der Waals surface area contributed by atoms with Crippen LogP contribution in [0.25, 0.3) is 0 Å². The molecule has 0 aromatic heterocycles. The fraction of sp³-hybridized carbons (Fsp3) is 0.619. The number of hydrogen-bond acceptors (Lipinski definition) is 4. The summed E-state index contributed by atoms with van der Waals surface area (Å²) in [6.45, 7) is 1.52. The molecule has 2 fully saturated rings. The molecule has 1 aromatic carbocycles. The molecule has 0 bridgehead atoms. The molecular weight excluding hydrogens is 344 g/mol. The molecule has 2 aliphatic rings. The number of carbonyl (C=O) groups is 2. The first-order valence-electron chi connectivity index (χ1n) is 10.0. The molecule has 3 atom stereocenters. The largest absolute Gasteiger partial charge is 0.394 e. The highest BCUT2D eigenvalue weighted by atomic mass is 16.5. The topological polar surface area (TPSA) is 78.9 Å². The van der Waals surface area contributed by atoms with Gasteiger partial charge >= 0.3 is 0 Å². The molecule has 2 aliphatic heterocycles. The molecular formula is C21H30N2O4. The van der Waals surface area contributed by atoms with Crippen LogP contribution in [0.15, 0.2) is 30.3 Å². The van der Waals surface area contributed by atoms with Crippen molar-refractivity contribution in [3.05, 3.63) is 35.9 Å². The third kappa shape index (κ3) is 5.78. The summed E-state index contributed by atoms with van der Waals surface area (Å²) in [7, 11) is 0. The maximum absolute atomic E-state index is 12.4. The van der Waals surface area contributed by atoms with Crippen molar-refractivity contribution in [1.82, 2.24) is 10.2 Å². The highest BCUT2D eigenvalue weighted by molar-refractivity contribution is 5.79. The van der Waals surface area contributed by atoms with Gasteiger partial charge in [-0.3, -0.25) is 9.59 Å². The van der Waals surface area contributed by atoms with E-state index in [0.717, 1.165) is 31.5 Å². The Morgan fingerprint density at radius 1 is 1.11 bits per heavy atom. The first kappa shape index (κ1) is 19.8. The number of rotatable bonds is 6. The van der Waals surface area contributed by atoms with Gasteiger partial charge in [-0.15, -0.1) is 0 Å². The minimum atomic E-state index is -0.461. The van der Waals surface area contributed by atoms with Crippen molar-refractivity contribution in [2.24, 2.45) is 0 Å². The Balaban J connectivity index is 1.47. The number of nitrogens with zero attached hydrogens (tertiary/aromatic N) is 1. The number of ether oxygens (including phenoxy) is 1. The van der Waals surface area contributed by atoms with Crippen molar-refractivity contribution in [3.63, 3.8) is 0 Å². The molecule has 27 heavy (non-hydrogen) atoms. The van der Waals surface area contributed by atoms with E-state index in [1.807, 2.05) is 35.2 Å². The van der Waals surface area contributed by atoms with Crippen LogP contribution in [0.2, 0.25) is 0 Å². The van der Waals surface area contributed by atoms with Gasteiger partial charge in [-0.25, -0.2) is 0 Å².